The lowest BCUT2D eigenvalue weighted by atomic mass is 9.78. The summed E-state index contributed by atoms with van der Waals surface area (Å²) in [6, 6.07) is 10.1. The molecular formula is C22H26N2O3. The van der Waals surface area contributed by atoms with Gasteiger partial charge in [-0.2, -0.15) is 0 Å². The van der Waals surface area contributed by atoms with E-state index in [9.17, 15) is 9.59 Å². The molecule has 27 heavy (non-hydrogen) atoms. The van der Waals surface area contributed by atoms with Crippen LogP contribution in [0.1, 0.15) is 46.5 Å². The zero-order chi connectivity index (χ0) is 19.0. The first-order chi connectivity index (χ1) is 13.0. The highest BCUT2D eigenvalue weighted by atomic mass is 16.3. The molecule has 1 aromatic carbocycles. The number of hydrogen-bond acceptors (Lipinski definition) is 3. The van der Waals surface area contributed by atoms with Gasteiger partial charge in [-0.1, -0.05) is 29.8 Å². The van der Waals surface area contributed by atoms with E-state index in [0.29, 0.717) is 25.4 Å². The largest absolute Gasteiger partial charge is 0.459 e. The number of nitrogens with zero attached hydrogens (tertiary/aromatic N) is 2. The maximum Gasteiger partial charge on any atom is 0.289 e. The van der Waals surface area contributed by atoms with Crippen molar-refractivity contribution >= 4 is 11.8 Å². The highest BCUT2D eigenvalue weighted by Gasteiger charge is 2.49. The summed E-state index contributed by atoms with van der Waals surface area (Å²) in [6.45, 7) is 6.49. The third-order valence-corrected chi connectivity index (χ3v) is 5.98. The van der Waals surface area contributed by atoms with Crippen molar-refractivity contribution in [3.8, 4) is 0 Å². The molecule has 5 nitrogen and oxygen atoms in total. The number of rotatable bonds is 3. The van der Waals surface area contributed by atoms with E-state index >= 15 is 0 Å². The van der Waals surface area contributed by atoms with Crippen molar-refractivity contribution in [3.05, 3.63) is 59.0 Å². The van der Waals surface area contributed by atoms with Gasteiger partial charge in [0.05, 0.1) is 11.7 Å². The Morgan fingerprint density at radius 2 is 2.04 bits per heavy atom. The Morgan fingerprint density at radius 1 is 1.19 bits per heavy atom. The van der Waals surface area contributed by atoms with Gasteiger partial charge in [-0.3, -0.25) is 9.59 Å². The van der Waals surface area contributed by atoms with Gasteiger partial charge >= 0.3 is 0 Å². The summed E-state index contributed by atoms with van der Waals surface area (Å²) in [6.07, 6.45) is 4.13. The minimum absolute atomic E-state index is 0.0991. The zero-order valence-electron chi connectivity index (χ0n) is 16.0. The topological polar surface area (TPSA) is 53.8 Å². The van der Waals surface area contributed by atoms with Crippen LogP contribution in [0.4, 0.5) is 0 Å². The first kappa shape index (κ1) is 17.8. The van der Waals surface area contributed by atoms with E-state index in [-0.39, 0.29) is 11.8 Å². The number of piperidine rings is 1. The molecule has 1 atom stereocenters. The van der Waals surface area contributed by atoms with Gasteiger partial charge in [0, 0.05) is 31.7 Å². The molecule has 142 valence electrons. The highest BCUT2D eigenvalue weighted by Crippen LogP contribution is 2.41. The van der Waals surface area contributed by atoms with Crippen molar-refractivity contribution in [1.29, 1.82) is 0 Å². The SMILES string of the molecule is Cc1cccc(CN2CCCC3(CCN(C(=O)c4occc4C)C3)C2=O)c1. The molecule has 0 radical (unpaired) electrons. The lowest BCUT2D eigenvalue weighted by Crippen LogP contribution is -2.50. The lowest BCUT2D eigenvalue weighted by Gasteiger charge is -2.39. The Hall–Kier alpha value is -2.56. The minimum Gasteiger partial charge on any atom is -0.459 e. The first-order valence-electron chi connectivity index (χ1n) is 9.67. The summed E-state index contributed by atoms with van der Waals surface area (Å²) in [5.74, 6) is 0.492. The molecule has 0 saturated carbocycles. The van der Waals surface area contributed by atoms with Gasteiger partial charge in [0.15, 0.2) is 5.76 Å². The molecule has 2 fully saturated rings. The van der Waals surface area contributed by atoms with Crippen molar-refractivity contribution in [2.24, 2.45) is 5.41 Å². The summed E-state index contributed by atoms with van der Waals surface area (Å²) in [5.41, 5.74) is 2.78. The van der Waals surface area contributed by atoms with E-state index in [1.165, 1.54) is 5.56 Å². The van der Waals surface area contributed by atoms with Gasteiger partial charge in [-0.05, 0) is 44.7 Å². The summed E-state index contributed by atoms with van der Waals surface area (Å²) < 4.78 is 5.37. The van der Waals surface area contributed by atoms with Crippen LogP contribution in [0.3, 0.4) is 0 Å². The first-order valence-corrected chi connectivity index (χ1v) is 9.67. The summed E-state index contributed by atoms with van der Waals surface area (Å²) in [4.78, 5) is 29.9. The van der Waals surface area contributed by atoms with Crippen LogP contribution >= 0.6 is 0 Å². The van der Waals surface area contributed by atoms with Gasteiger partial charge in [-0.25, -0.2) is 0 Å². The normalized spacial score (nSPS) is 22.7. The van der Waals surface area contributed by atoms with Crippen molar-refractivity contribution in [3.63, 3.8) is 0 Å². The Labute approximate surface area is 159 Å². The molecule has 5 heteroatoms. The molecule has 4 rings (SSSR count). The molecule has 1 aromatic heterocycles. The molecule has 2 amide bonds. The summed E-state index contributed by atoms with van der Waals surface area (Å²) in [5, 5.41) is 0. The van der Waals surface area contributed by atoms with Crippen LogP contribution in [-0.4, -0.2) is 41.2 Å². The van der Waals surface area contributed by atoms with Gasteiger partial charge in [0.2, 0.25) is 5.91 Å². The molecule has 0 aliphatic carbocycles. The maximum atomic E-state index is 13.3. The van der Waals surface area contributed by atoms with Crippen LogP contribution in [0.5, 0.6) is 0 Å². The fourth-order valence-corrected chi connectivity index (χ4v) is 4.49. The molecule has 2 aliphatic heterocycles. The monoisotopic (exact) mass is 366 g/mol. The van der Waals surface area contributed by atoms with Crippen LogP contribution < -0.4 is 0 Å². The number of amides is 2. The standard InChI is InChI=1S/C22H26N2O3/c1-16-5-3-6-18(13-16)14-23-10-4-8-22(21(23)26)9-11-24(15-22)20(25)19-17(2)7-12-27-19/h3,5-7,12-13H,4,8-11,14-15H2,1-2H3. The Kier molecular flexibility index (Phi) is 4.54. The van der Waals surface area contributed by atoms with Gasteiger partial charge in [-0.15, -0.1) is 0 Å². The predicted molar refractivity (Wildman–Crippen MR) is 102 cm³/mol. The Bertz CT molecular complexity index is 872. The molecular weight excluding hydrogens is 340 g/mol. The second kappa shape index (κ2) is 6.87. The quantitative estimate of drug-likeness (QED) is 0.835. The average Bonchev–Trinajstić information content (AvgIpc) is 3.26. The number of benzene rings is 1. The van der Waals surface area contributed by atoms with Crippen LogP contribution in [0, 0.1) is 19.3 Å². The van der Waals surface area contributed by atoms with Crippen LogP contribution in [-0.2, 0) is 11.3 Å². The fraction of sp³-hybridized carbons (Fsp3) is 0.455. The Balaban J connectivity index is 1.49. The smallest absolute Gasteiger partial charge is 0.289 e. The zero-order valence-corrected chi connectivity index (χ0v) is 16.0. The molecule has 2 aromatic rings. The number of hydrogen-bond donors (Lipinski definition) is 0. The van der Waals surface area contributed by atoms with Crippen LogP contribution in [0.15, 0.2) is 41.0 Å². The maximum absolute atomic E-state index is 13.3. The van der Waals surface area contributed by atoms with Crippen molar-refractivity contribution in [2.75, 3.05) is 19.6 Å². The molecule has 2 aliphatic rings. The average molecular weight is 366 g/mol. The Morgan fingerprint density at radius 3 is 2.78 bits per heavy atom. The molecule has 0 N–H and O–H groups in total. The number of aryl methyl sites for hydroxylation is 2. The third-order valence-electron chi connectivity index (χ3n) is 5.98. The van der Waals surface area contributed by atoms with Gasteiger partial charge < -0.3 is 14.2 Å². The molecule has 2 saturated heterocycles. The molecule has 1 unspecified atom stereocenters. The number of carbonyl (C=O) groups excluding carboxylic acids is 2. The summed E-state index contributed by atoms with van der Waals surface area (Å²) in [7, 11) is 0. The van der Waals surface area contributed by atoms with E-state index in [4.69, 9.17) is 4.42 Å². The highest BCUT2D eigenvalue weighted by molar-refractivity contribution is 5.94. The van der Waals surface area contributed by atoms with E-state index in [1.54, 1.807) is 17.2 Å². The third kappa shape index (κ3) is 3.27. The molecule has 1 spiro atoms. The van der Waals surface area contributed by atoms with Crippen molar-refractivity contribution in [2.45, 2.75) is 39.7 Å². The number of likely N-dealkylation sites (tertiary alicyclic amines) is 2. The second-order valence-electron chi connectivity index (χ2n) is 8.01. The minimum atomic E-state index is -0.432. The van der Waals surface area contributed by atoms with Crippen LogP contribution in [0.25, 0.3) is 0 Å². The number of furan rings is 1. The van der Waals surface area contributed by atoms with Crippen molar-refractivity contribution < 1.29 is 14.0 Å². The van der Waals surface area contributed by atoms with E-state index < -0.39 is 5.41 Å². The second-order valence-corrected chi connectivity index (χ2v) is 8.01. The lowest BCUT2D eigenvalue weighted by molar-refractivity contribution is -0.146. The summed E-state index contributed by atoms with van der Waals surface area (Å²) >= 11 is 0. The fourth-order valence-electron chi connectivity index (χ4n) is 4.49. The number of carbonyl (C=O) groups is 2. The molecule has 0 bridgehead atoms. The predicted octanol–water partition coefficient (Wildman–Crippen LogP) is 3.55. The van der Waals surface area contributed by atoms with E-state index in [1.807, 2.05) is 17.9 Å². The van der Waals surface area contributed by atoms with Crippen LogP contribution in [0.2, 0.25) is 0 Å². The molecule has 3 heterocycles. The van der Waals surface area contributed by atoms with Gasteiger partial charge in [0.1, 0.15) is 0 Å². The van der Waals surface area contributed by atoms with Gasteiger partial charge in [0.25, 0.3) is 5.91 Å². The van der Waals surface area contributed by atoms with Crippen molar-refractivity contribution in [1.82, 2.24) is 9.80 Å². The van der Waals surface area contributed by atoms with E-state index in [2.05, 4.69) is 25.1 Å². The van der Waals surface area contributed by atoms with E-state index in [0.717, 1.165) is 36.9 Å².